The molecule has 0 aliphatic carbocycles. The number of carbonyl (C=O) groups excluding carboxylic acids is 3. The fourth-order valence-corrected chi connectivity index (χ4v) is 5.32. The predicted molar refractivity (Wildman–Crippen MR) is 154 cm³/mol. The number of hydrogen-bond donors (Lipinski definition) is 3. The van der Waals surface area contributed by atoms with Gasteiger partial charge in [0, 0.05) is 41.5 Å². The highest BCUT2D eigenvalue weighted by Crippen LogP contribution is 2.34. The van der Waals surface area contributed by atoms with Crippen molar-refractivity contribution in [3.63, 3.8) is 0 Å². The van der Waals surface area contributed by atoms with Gasteiger partial charge in [0.05, 0.1) is 30.7 Å². The lowest BCUT2D eigenvalue weighted by Gasteiger charge is -2.43. The Kier molecular flexibility index (Phi) is 8.06. The molecule has 208 valence electrons. The van der Waals surface area contributed by atoms with Gasteiger partial charge in [0.15, 0.2) is 0 Å². The van der Waals surface area contributed by atoms with Gasteiger partial charge < -0.3 is 24.8 Å². The van der Waals surface area contributed by atoms with E-state index in [0.717, 1.165) is 5.69 Å². The highest BCUT2D eigenvalue weighted by atomic mass is 35.5. The number of H-pyrrole nitrogens is 1. The number of benzene rings is 2. The molecule has 3 amide bonds. The highest BCUT2D eigenvalue weighted by molar-refractivity contribution is 6.30. The lowest BCUT2D eigenvalue weighted by Crippen LogP contribution is -2.57. The van der Waals surface area contributed by atoms with Crippen LogP contribution in [0.5, 0.6) is 0 Å². The molecule has 0 spiro atoms. The van der Waals surface area contributed by atoms with Gasteiger partial charge in [0.25, 0.3) is 0 Å². The minimum atomic E-state index is -0.609. The number of methoxy groups -OCH3 is 1. The zero-order chi connectivity index (χ0) is 28.2. The van der Waals surface area contributed by atoms with E-state index in [1.165, 1.54) is 7.11 Å². The van der Waals surface area contributed by atoms with E-state index in [1.54, 1.807) is 24.4 Å². The molecule has 0 radical (unpaired) electrons. The van der Waals surface area contributed by atoms with Gasteiger partial charge >= 0.3 is 6.09 Å². The second-order valence-electron chi connectivity index (χ2n) is 9.75. The fourth-order valence-electron chi connectivity index (χ4n) is 5.14. The standard InChI is InChI=1S/C29H31ClN6O4/c1-18-28(38)36(14-13-35(18)21-8-6-7-19(30)15-21)25-9-4-3-5-10-26(37)33-23-16-20(32-29(39)40-2)11-12-22(23)24-17-31-27(25)34-24/h3-4,6-8,11-12,15-18,25H,5,9-10,13-14H2,1-2H3,(H,31,34)(H,32,39)(H,33,37). The molecule has 2 unspecified atom stereocenters. The number of ether oxygens (including phenoxy) is 1. The average Bonchev–Trinajstić information content (AvgIpc) is 3.42. The van der Waals surface area contributed by atoms with Crippen LogP contribution >= 0.6 is 11.6 Å². The Bertz CT molecular complexity index is 1450. The summed E-state index contributed by atoms with van der Waals surface area (Å²) in [6.45, 7) is 3.08. The van der Waals surface area contributed by atoms with E-state index in [4.69, 9.17) is 11.6 Å². The molecule has 2 aliphatic rings. The maximum absolute atomic E-state index is 13.7. The molecule has 40 heavy (non-hydrogen) atoms. The van der Waals surface area contributed by atoms with E-state index in [1.807, 2.05) is 48.2 Å². The van der Waals surface area contributed by atoms with E-state index in [0.29, 0.717) is 59.4 Å². The second-order valence-corrected chi connectivity index (χ2v) is 10.2. The predicted octanol–water partition coefficient (Wildman–Crippen LogP) is 5.37. The van der Waals surface area contributed by atoms with E-state index in [2.05, 4.69) is 30.2 Å². The van der Waals surface area contributed by atoms with Gasteiger partial charge in [0.2, 0.25) is 11.8 Å². The van der Waals surface area contributed by atoms with Crippen molar-refractivity contribution in [3.8, 4) is 11.3 Å². The van der Waals surface area contributed by atoms with E-state index < -0.39 is 6.09 Å². The Hall–Kier alpha value is -4.31. The molecule has 5 rings (SSSR count). The number of aromatic amines is 1. The summed E-state index contributed by atoms with van der Waals surface area (Å²) in [6.07, 6.45) is 6.44. The van der Waals surface area contributed by atoms with Crippen molar-refractivity contribution in [2.45, 2.75) is 38.3 Å². The van der Waals surface area contributed by atoms with Crippen LogP contribution in [0.4, 0.5) is 21.9 Å². The number of rotatable bonds is 3. The summed E-state index contributed by atoms with van der Waals surface area (Å²) in [6, 6.07) is 12.1. The normalized spacial score (nSPS) is 19.6. The Labute approximate surface area is 237 Å². The summed E-state index contributed by atoms with van der Waals surface area (Å²) in [4.78, 5) is 50.2. The molecule has 1 fully saturated rings. The minimum Gasteiger partial charge on any atom is -0.453 e. The van der Waals surface area contributed by atoms with Crippen molar-refractivity contribution < 1.29 is 19.1 Å². The Balaban J connectivity index is 1.46. The van der Waals surface area contributed by atoms with E-state index in [-0.39, 0.29) is 30.3 Å². The van der Waals surface area contributed by atoms with Crippen LogP contribution in [0.1, 0.15) is 38.1 Å². The molecule has 3 aromatic rings. The molecule has 2 atom stereocenters. The van der Waals surface area contributed by atoms with Crippen LogP contribution in [0, 0.1) is 0 Å². The number of halogens is 1. The smallest absolute Gasteiger partial charge is 0.411 e. The minimum absolute atomic E-state index is 0.00247. The van der Waals surface area contributed by atoms with Gasteiger partial charge in [0.1, 0.15) is 11.9 Å². The summed E-state index contributed by atoms with van der Waals surface area (Å²) in [5, 5.41) is 6.20. The summed E-state index contributed by atoms with van der Waals surface area (Å²) in [5.74, 6) is 0.505. The quantitative estimate of drug-likeness (QED) is 0.369. The lowest BCUT2D eigenvalue weighted by atomic mass is 10.0. The average molecular weight is 563 g/mol. The molecular weight excluding hydrogens is 532 g/mol. The van der Waals surface area contributed by atoms with Gasteiger partial charge in [-0.1, -0.05) is 29.8 Å². The monoisotopic (exact) mass is 562 g/mol. The fraction of sp³-hybridized carbons (Fsp3) is 0.310. The van der Waals surface area contributed by atoms with Crippen molar-refractivity contribution in [1.82, 2.24) is 14.9 Å². The number of carbonyl (C=O) groups is 3. The van der Waals surface area contributed by atoms with Crippen LogP contribution in [-0.4, -0.2) is 59.0 Å². The van der Waals surface area contributed by atoms with Gasteiger partial charge in [-0.2, -0.15) is 0 Å². The third kappa shape index (κ3) is 5.81. The number of piperazine rings is 1. The molecule has 2 aromatic carbocycles. The molecule has 10 nitrogen and oxygen atoms in total. The molecule has 3 heterocycles. The number of hydrogen-bond acceptors (Lipinski definition) is 6. The third-order valence-electron chi connectivity index (χ3n) is 7.20. The number of aromatic nitrogens is 2. The lowest BCUT2D eigenvalue weighted by molar-refractivity contribution is -0.136. The van der Waals surface area contributed by atoms with Crippen LogP contribution in [0.15, 0.2) is 60.8 Å². The van der Waals surface area contributed by atoms with E-state index in [9.17, 15) is 14.4 Å². The van der Waals surface area contributed by atoms with Crippen molar-refractivity contribution in [2.75, 3.05) is 35.7 Å². The SMILES string of the molecule is COC(=O)Nc1ccc2c(c1)NC(=O)CCC=CCC(N1CCN(c3cccc(Cl)c3)C(C)C1=O)c1ncc-2[nH]1. The maximum atomic E-state index is 13.7. The molecule has 11 heteroatoms. The van der Waals surface area contributed by atoms with Gasteiger partial charge in [-0.15, -0.1) is 0 Å². The number of allylic oxidation sites excluding steroid dienone is 1. The first-order valence-corrected chi connectivity index (χ1v) is 13.5. The summed E-state index contributed by atoms with van der Waals surface area (Å²) in [5.41, 5.74) is 3.30. The largest absolute Gasteiger partial charge is 0.453 e. The second kappa shape index (κ2) is 11.8. The number of imidazole rings is 1. The van der Waals surface area contributed by atoms with Crippen LogP contribution in [0.2, 0.25) is 5.02 Å². The molecule has 1 saturated heterocycles. The molecular formula is C29H31ClN6O4. The highest BCUT2D eigenvalue weighted by Gasteiger charge is 2.37. The summed E-state index contributed by atoms with van der Waals surface area (Å²) >= 11 is 6.21. The first kappa shape index (κ1) is 27.3. The van der Waals surface area contributed by atoms with Gasteiger partial charge in [-0.05, 0) is 56.2 Å². The van der Waals surface area contributed by atoms with Crippen LogP contribution in [0.3, 0.4) is 0 Å². The van der Waals surface area contributed by atoms with Crippen molar-refractivity contribution in [1.29, 1.82) is 0 Å². The Morgan fingerprint density at radius 3 is 2.75 bits per heavy atom. The zero-order valence-corrected chi connectivity index (χ0v) is 23.1. The first-order valence-electron chi connectivity index (χ1n) is 13.2. The molecule has 0 saturated carbocycles. The van der Waals surface area contributed by atoms with Gasteiger partial charge in [-0.3, -0.25) is 14.9 Å². The van der Waals surface area contributed by atoms with Crippen molar-refractivity contribution in [3.05, 3.63) is 71.7 Å². The van der Waals surface area contributed by atoms with Crippen LogP contribution in [-0.2, 0) is 14.3 Å². The number of nitrogens with zero attached hydrogens (tertiary/aromatic N) is 3. The molecule has 2 bridgehead atoms. The molecule has 1 aromatic heterocycles. The van der Waals surface area contributed by atoms with Crippen molar-refractivity contribution in [2.24, 2.45) is 0 Å². The zero-order valence-electron chi connectivity index (χ0n) is 22.3. The number of fused-ring (bicyclic) bond motifs is 4. The van der Waals surface area contributed by atoms with Crippen LogP contribution in [0.25, 0.3) is 11.3 Å². The first-order chi connectivity index (χ1) is 19.3. The molecule has 3 N–H and O–H groups in total. The topological polar surface area (TPSA) is 120 Å². The summed E-state index contributed by atoms with van der Waals surface area (Å²) < 4.78 is 4.69. The number of anilines is 3. The maximum Gasteiger partial charge on any atom is 0.411 e. The van der Waals surface area contributed by atoms with E-state index >= 15 is 0 Å². The van der Waals surface area contributed by atoms with Crippen LogP contribution < -0.4 is 15.5 Å². The van der Waals surface area contributed by atoms with Gasteiger partial charge in [-0.25, -0.2) is 9.78 Å². The third-order valence-corrected chi connectivity index (χ3v) is 7.43. The Morgan fingerprint density at radius 1 is 1.12 bits per heavy atom. The Morgan fingerprint density at radius 2 is 1.95 bits per heavy atom. The van der Waals surface area contributed by atoms with Crippen molar-refractivity contribution >= 4 is 46.6 Å². The summed E-state index contributed by atoms with van der Waals surface area (Å²) in [7, 11) is 1.28. The number of amides is 3. The number of nitrogens with one attached hydrogen (secondary N) is 3. The molecule has 2 aliphatic heterocycles.